The first-order valence-electron chi connectivity index (χ1n) is 17.1. The van der Waals surface area contributed by atoms with E-state index in [0.29, 0.717) is 33.8 Å². The van der Waals surface area contributed by atoms with Crippen molar-refractivity contribution in [3.8, 4) is 23.0 Å². The topological polar surface area (TPSA) is 108 Å². The summed E-state index contributed by atoms with van der Waals surface area (Å²) in [4.78, 5) is 13.8. The maximum absolute atomic E-state index is 13.8. The molecule has 0 aliphatic carbocycles. The van der Waals surface area contributed by atoms with Crippen LogP contribution in [0.5, 0.6) is 23.0 Å². The average Bonchev–Trinajstić information content (AvgIpc) is 3.32. The Morgan fingerprint density at radius 3 is 1.84 bits per heavy atom. The van der Waals surface area contributed by atoms with Gasteiger partial charge in [-0.2, -0.15) is 0 Å². The number of ether oxygens (including phenoxy) is 2. The summed E-state index contributed by atoms with van der Waals surface area (Å²) in [7, 11) is 0. The number of nitrogens with one attached hydrogen (secondary N) is 1. The number of phenolic OH excluding ortho intramolecular Hbond substituents is 2. The van der Waals surface area contributed by atoms with E-state index < -0.39 is 11.6 Å². The van der Waals surface area contributed by atoms with Crippen molar-refractivity contribution in [1.29, 1.82) is 0 Å². The number of aliphatic hydroxyl groups excluding tert-OH is 1. The zero-order valence-corrected chi connectivity index (χ0v) is 26.7. The lowest BCUT2D eigenvalue weighted by Gasteiger charge is -2.36. The van der Waals surface area contributed by atoms with E-state index in [-0.39, 0.29) is 24.1 Å². The Morgan fingerprint density at radius 2 is 1.27 bits per heavy atom. The van der Waals surface area contributed by atoms with Crippen LogP contribution in [-0.4, -0.2) is 33.9 Å². The molecule has 242 valence electrons. The summed E-state index contributed by atoms with van der Waals surface area (Å²) < 4.78 is 12.4. The van der Waals surface area contributed by atoms with Gasteiger partial charge in [0.2, 0.25) is 0 Å². The first kappa shape index (κ1) is 32.7. The minimum absolute atomic E-state index is 0.0283. The number of hydrogen-bond donors (Lipinski definition) is 4. The number of aromatic hydroxyl groups is 2. The predicted molar refractivity (Wildman–Crippen MR) is 177 cm³/mol. The van der Waals surface area contributed by atoms with Crippen LogP contribution in [0.4, 0.5) is 5.69 Å². The van der Waals surface area contributed by atoms with E-state index in [4.69, 9.17) is 9.47 Å². The van der Waals surface area contributed by atoms with Crippen LogP contribution in [0.25, 0.3) is 0 Å². The molecule has 5 rings (SSSR count). The van der Waals surface area contributed by atoms with Crippen LogP contribution < -0.4 is 10.1 Å². The second-order valence-corrected chi connectivity index (χ2v) is 12.6. The van der Waals surface area contributed by atoms with Gasteiger partial charge in [0.15, 0.2) is 5.60 Å². The minimum atomic E-state index is -1.28. The number of rotatable bonds is 18. The fraction of sp³-hybridized carbons (Fsp3) is 0.500. The van der Waals surface area contributed by atoms with Crippen molar-refractivity contribution < 1.29 is 29.6 Å². The summed E-state index contributed by atoms with van der Waals surface area (Å²) in [5.74, 6) is 0.356. The number of phenols is 2. The van der Waals surface area contributed by atoms with Crippen molar-refractivity contribution in [3.05, 3.63) is 76.9 Å². The molecule has 0 bridgehead atoms. The molecule has 2 heterocycles. The monoisotopic (exact) mass is 615 g/mol. The zero-order chi connectivity index (χ0) is 31.6. The van der Waals surface area contributed by atoms with Crippen molar-refractivity contribution in [1.82, 2.24) is 0 Å². The second-order valence-electron chi connectivity index (χ2n) is 12.6. The molecule has 45 heavy (non-hydrogen) atoms. The SMILES string of the molecule is CCCCCCCCCCCCCC(CCCCO)Nc1cccc2c1C(=O)OC21c2ccc(O)cc2Oc2cc(O)ccc21. The Labute approximate surface area is 267 Å². The van der Waals surface area contributed by atoms with E-state index in [0.717, 1.165) is 37.8 Å². The Balaban J connectivity index is 1.32. The number of fused-ring (bicyclic) bond motifs is 6. The van der Waals surface area contributed by atoms with E-state index in [2.05, 4.69) is 12.2 Å². The molecule has 0 amide bonds. The predicted octanol–water partition coefficient (Wildman–Crippen LogP) is 9.31. The average molecular weight is 616 g/mol. The van der Waals surface area contributed by atoms with Gasteiger partial charge in [0.05, 0.1) is 5.56 Å². The van der Waals surface area contributed by atoms with E-state index in [1.165, 1.54) is 76.3 Å². The highest BCUT2D eigenvalue weighted by Crippen LogP contribution is 2.57. The van der Waals surface area contributed by atoms with Gasteiger partial charge in [-0.05, 0) is 56.0 Å². The highest BCUT2D eigenvalue weighted by Gasteiger charge is 2.54. The Bertz CT molecular complexity index is 1380. The third-order valence-electron chi connectivity index (χ3n) is 9.28. The molecule has 3 aromatic carbocycles. The Morgan fingerprint density at radius 1 is 0.711 bits per heavy atom. The molecule has 2 aliphatic rings. The second kappa shape index (κ2) is 15.5. The first-order valence-corrected chi connectivity index (χ1v) is 17.1. The standard InChI is InChI=1S/C38H49NO6/c1-2-3-4-5-6-7-8-9-10-11-12-16-27(17-13-14-24-40)39-33-19-15-18-32-36(33)37(43)45-38(32)30-22-20-28(41)25-34(30)44-35-26-29(42)21-23-31(35)38/h15,18-23,25-27,39-42H,2-14,16-17,24H2,1H3. The lowest BCUT2D eigenvalue weighted by Crippen LogP contribution is -2.32. The van der Waals surface area contributed by atoms with Crippen LogP contribution in [0.15, 0.2) is 54.6 Å². The molecular weight excluding hydrogens is 566 g/mol. The normalized spacial score (nSPS) is 14.8. The lowest BCUT2D eigenvalue weighted by atomic mass is 9.77. The lowest BCUT2D eigenvalue weighted by molar-refractivity contribution is 0.0224. The molecule has 2 aliphatic heterocycles. The van der Waals surface area contributed by atoms with Gasteiger partial charge in [-0.25, -0.2) is 4.79 Å². The minimum Gasteiger partial charge on any atom is -0.508 e. The van der Waals surface area contributed by atoms with E-state index >= 15 is 0 Å². The summed E-state index contributed by atoms with van der Waals surface area (Å²) in [6.45, 7) is 2.43. The maximum Gasteiger partial charge on any atom is 0.342 e. The van der Waals surface area contributed by atoms with Gasteiger partial charge in [-0.3, -0.25) is 0 Å². The van der Waals surface area contributed by atoms with Crippen LogP contribution in [0.1, 0.15) is 130 Å². The third kappa shape index (κ3) is 7.41. The van der Waals surface area contributed by atoms with Crippen molar-refractivity contribution in [3.63, 3.8) is 0 Å². The number of hydrogen-bond acceptors (Lipinski definition) is 7. The van der Waals surface area contributed by atoms with E-state index in [1.54, 1.807) is 24.3 Å². The molecule has 0 saturated heterocycles. The molecule has 1 unspecified atom stereocenters. The molecule has 7 nitrogen and oxygen atoms in total. The number of esters is 1. The fourth-order valence-electron chi connectivity index (χ4n) is 6.93. The number of aliphatic hydroxyl groups is 1. The number of carbonyl (C=O) groups is 1. The Hall–Kier alpha value is -3.71. The highest BCUT2D eigenvalue weighted by molar-refractivity contribution is 6.02. The quantitative estimate of drug-likeness (QED) is 0.0834. The molecule has 7 heteroatoms. The van der Waals surface area contributed by atoms with Gasteiger partial charge < -0.3 is 30.1 Å². The van der Waals surface area contributed by atoms with Crippen molar-refractivity contribution in [2.24, 2.45) is 0 Å². The molecule has 3 aromatic rings. The van der Waals surface area contributed by atoms with Crippen LogP contribution in [0.3, 0.4) is 0 Å². The fourth-order valence-corrected chi connectivity index (χ4v) is 6.93. The van der Waals surface area contributed by atoms with Crippen molar-refractivity contribution in [2.75, 3.05) is 11.9 Å². The summed E-state index contributed by atoms with van der Waals surface area (Å²) in [6, 6.07) is 15.5. The molecule has 0 fully saturated rings. The summed E-state index contributed by atoms with van der Waals surface area (Å²) in [6.07, 6.45) is 17.8. The van der Waals surface area contributed by atoms with Crippen LogP contribution in [0.2, 0.25) is 0 Å². The molecule has 0 aromatic heterocycles. The smallest absolute Gasteiger partial charge is 0.342 e. The van der Waals surface area contributed by atoms with Gasteiger partial charge in [-0.15, -0.1) is 0 Å². The van der Waals surface area contributed by atoms with Gasteiger partial charge in [0.25, 0.3) is 0 Å². The number of anilines is 1. The number of carbonyl (C=O) groups excluding carboxylic acids is 1. The molecule has 0 radical (unpaired) electrons. The number of unbranched alkanes of at least 4 members (excludes halogenated alkanes) is 11. The molecule has 1 spiro atoms. The summed E-state index contributed by atoms with van der Waals surface area (Å²) in [5, 5.41) is 33.6. The molecule has 4 N–H and O–H groups in total. The molecule has 0 saturated carbocycles. The third-order valence-corrected chi connectivity index (χ3v) is 9.28. The van der Waals surface area contributed by atoms with Crippen molar-refractivity contribution >= 4 is 11.7 Å². The van der Waals surface area contributed by atoms with Crippen LogP contribution in [-0.2, 0) is 10.3 Å². The largest absolute Gasteiger partial charge is 0.508 e. The first-order chi connectivity index (χ1) is 22.0. The van der Waals surface area contributed by atoms with Gasteiger partial charge in [-0.1, -0.05) is 89.7 Å². The van der Waals surface area contributed by atoms with Gasteiger partial charge in [0, 0.05) is 47.2 Å². The van der Waals surface area contributed by atoms with Gasteiger partial charge in [0.1, 0.15) is 23.0 Å². The highest BCUT2D eigenvalue weighted by atomic mass is 16.6. The molecular formula is C38H49NO6. The van der Waals surface area contributed by atoms with Gasteiger partial charge >= 0.3 is 5.97 Å². The van der Waals surface area contributed by atoms with Crippen molar-refractivity contribution in [2.45, 2.75) is 115 Å². The maximum atomic E-state index is 13.8. The van der Waals surface area contributed by atoms with Crippen LogP contribution in [0, 0.1) is 0 Å². The number of benzene rings is 3. The zero-order valence-electron chi connectivity index (χ0n) is 26.7. The summed E-state index contributed by atoms with van der Waals surface area (Å²) in [5.41, 5.74) is 1.87. The summed E-state index contributed by atoms with van der Waals surface area (Å²) >= 11 is 0. The van der Waals surface area contributed by atoms with E-state index in [9.17, 15) is 20.1 Å². The van der Waals surface area contributed by atoms with E-state index in [1.807, 2.05) is 18.2 Å². The van der Waals surface area contributed by atoms with Crippen LogP contribution >= 0.6 is 0 Å². The molecule has 1 atom stereocenters. The Kier molecular flexibility index (Phi) is 11.3.